The number of rotatable bonds is 5. The quantitative estimate of drug-likeness (QED) is 0.496. The fourth-order valence-electron chi connectivity index (χ4n) is 0.341. The van der Waals surface area contributed by atoms with Gasteiger partial charge in [0.2, 0.25) is 0 Å². The fraction of sp³-hybridized carbons (Fsp3) is 0.167. The lowest BCUT2D eigenvalue weighted by molar-refractivity contribution is -0.139. The molecular weight excluding hydrogens is 272 g/mol. The molecule has 0 rings (SSSR count). The van der Waals surface area contributed by atoms with Crippen LogP contribution in [0.5, 0.6) is 0 Å². The lowest BCUT2D eigenvalue weighted by Crippen LogP contribution is -2.04. The van der Waals surface area contributed by atoms with Gasteiger partial charge >= 0.3 is 23.9 Å². The molecule has 0 fully saturated rings. The highest BCUT2D eigenvalue weighted by atomic mass is 16.5. The van der Waals surface area contributed by atoms with E-state index in [9.17, 15) is 19.2 Å². The lowest BCUT2D eigenvalue weighted by Gasteiger charge is -1.91. The second kappa shape index (κ2) is 14.2. The fourth-order valence-corrected chi connectivity index (χ4v) is 0.341. The minimum atomic E-state index is -1.27. The van der Waals surface area contributed by atoms with Crippen molar-refractivity contribution >= 4 is 23.9 Å². The maximum atomic E-state index is 9.87. The molecular formula is C12H16O8. The van der Waals surface area contributed by atoms with E-state index < -0.39 is 30.3 Å². The van der Waals surface area contributed by atoms with E-state index in [0.717, 1.165) is 12.2 Å². The molecule has 0 amide bonds. The van der Waals surface area contributed by atoms with Crippen molar-refractivity contribution in [1.29, 1.82) is 0 Å². The summed E-state index contributed by atoms with van der Waals surface area (Å²) in [5, 5.41) is 23.7. The van der Waals surface area contributed by atoms with Crippen LogP contribution in [0.4, 0.5) is 0 Å². The van der Waals surface area contributed by atoms with Crippen LogP contribution >= 0.6 is 0 Å². The van der Waals surface area contributed by atoms with Crippen molar-refractivity contribution in [3.63, 3.8) is 0 Å². The molecule has 0 aliphatic rings. The van der Waals surface area contributed by atoms with Crippen LogP contribution in [-0.2, 0) is 23.9 Å². The smallest absolute Gasteiger partial charge is 0.331 e. The van der Waals surface area contributed by atoms with Crippen LogP contribution in [0.2, 0.25) is 0 Å². The molecule has 0 aliphatic carbocycles. The average Bonchev–Trinajstić information content (AvgIpc) is 2.38. The zero-order chi connectivity index (χ0) is 16.7. The minimum Gasteiger partial charge on any atom is -0.481 e. The molecule has 0 saturated carbocycles. The standard InChI is InChI=1S/C5H6O4.C4H6O2.C3H4O2/c1-3(5(8)9)2-4(6)7;1-3-4(5)6-2;1-2-3(4)5/h1-2H2,(H,6,7)(H,8,9);3H,1H2,2H3;2H,1H2,(H,4,5). The Labute approximate surface area is 115 Å². The number of carboxylic acids is 3. The van der Waals surface area contributed by atoms with Gasteiger partial charge in [-0.25, -0.2) is 14.4 Å². The normalized spacial score (nSPS) is 7.45. The minimum absolute atomic E-state index is 0.303. The number of carbonyl (C=O) groups excluding carboxylic acids is 1. The second-order valence-electron chi connectivity index (χ2n) is 2.75. The van der Waals surface area contributed by atoms with Crippen molar-refractivity contribution in [2.24, 2.45) is 0 Å². The van der Waals surface area contributed by atoms with Crippen molar-refractivity contribution in [1.82, 2.24) is 0 Å². The maximum absolute atomic E-state index is 9.87. The molecule has 0 aromatic rings. The summed E-state index contributed by atoms with van der Waals surface area (Å²) in [5.41, 5.74) is -0.303. The Balaban J connectivity index is -0.000000230. The summed E-state index contributed by atoms with van der Waals surface area (Å²) in [6.07, 6.45) is 1.44. The number of hydrogen-bond donors (Lipinski definition) is 3. The molecule has 8 heteroatoms. The monoisotopic (exact) mass is 288 g/mol. The third-order valence-electron chi connectivity index (χ3n) is 1.21. The van der Waals surface area contributed by atoms with Gasteiger partial charge < -0.3 is 20.1 Å². The van der Waals surface area contributed by atoms with Gasteiger partial charge in [-0.1, -0.05) is 19.7 Å². The predicted octanol–water partition coefficient (Wildman–Crippen LogP) is 0.704. The number of esters is 1. The van der Waals surface area contributed by atoms with E-state index in [1.807, 2.05) is 0 Å². The van der Waals surface area contributed by atoms with Gasteiger partial charge in [-0.05, 0) is 0 Å². The van der Waals surface area contributed by atoms with Crippen LogP contribution in [0.1, 0.15) is 6.42 Å². The van der Waals surface area contributed by atoms with Gasteiger partial charge in [-0.15, -0.1) is 0 Å². The number of hydrogen-bond acceptors (Lipinski definition) is 5. The topological polar surface area (TPSA) is 138 Å². The molecule has 0 aromatic carbocycles. The van der Waals surface area contributed by atoms with Crippen LogP contribution in [0.3, 0.4) is 0 Å². The molecule has 0 unspecified atom stereocenters. The van der Waals surface area contributed by atoms with Crippen LogP contribution in [0.25, 0.3) is 0 Å². The Morgan fingerprint density at radius 2 is 1.45 bits per heavy atom. The zero-order valence-electron chi connectivity index (χ0n) is 10.9. The first-order valence-corrected chi connectivity index (χ1v) is 4.80. The Hall–Kier alpha value is -2.90. The third-order valence-corrected chi connectivity index (χ3v) is 1.21. The first-order chi connectivity index (χ1) is 9.11. The highest BCUT2D eigenvalue weighted by Crippen LogP contribution is 1.95. The van der Waals surface area contributed by atoms with Gasteiger partial charge in [0.25, 0.3) is 0 Å². The molecule has 0 aromatic heterocycles. The number of carboxylic acid groups (broad SMARTS) is 3. The number of carbonyl (C=O) groups is 4. The van der Waals surface area contributed by atoms with Gasteiger partial charge in [0, 0.05) is 17.7 Å². The van der Waals surface area contributed by atoms with Gasteiger partial charge in [0.1, 0.15) is 0 Å². The van der Waals surface area contributed by atoms with E-state index in [1.165, 1.54) is 7.11 Å². The highest BCUT2D eigenvalue weighted by Gasteiger charge is 2.07. The first-order valence-electron chi connectivity index (χ1n) is 4.80. The Morgan fingerprint density at radius 3 is 1.50 bits per heavy atom. The van der Waals surface area contributed by atoms with Crippen LogP contribution < -0.4 is 0 Å². The summed E-state index contributed by atoms with van der Waals surface area (Å²) in [6, 6.07) is 0. The molecule has 0 saturated heterocycles. The van der Waals surface area contributed by atoms with E-state index in [1.54, 1.807) is 0 Å². The van der Waals surface area contributed by atoms with E-state index in [4.69, 9.17) is 15.3 Å². The third kappa shape index (κ3) is 24.4. The van der Waals surface area contributed by atoms with E-state index in [0.29, 0.717) is 0 Å². The Morgan fingerprint density at radius 1 is 1.05 bits per heavy atom. The number of methoxy groups -OCH3 is 1. The molecule has 0 heterocycles. The molecule has 0 radical (unpaired) electrons. The second-order valence-corrected chi connectivity index (χ2v) is 2.75. The largest absolute Gasteiger partial charge is 0.481 e. The summed E-state index contributed by atoms with van der Waals surface area (Å²) in [6.45, 7) is 9.13. The maximum Gasteiger partial charge on any atom is 0.331 e. The highest BCUT2D eigenvalue weighted by molar-refractivity contribution is 5.91. The van der Waals surface area contributed by atoms with E-state index >= 15 is 0 Å². The SMILES string of the molecule is C=C(CC(=O)O)C(=O)O.C=CC(=O)O.C=CC(=O)OC. The Bertz CT molecular complexity index is 394. The Kier molecular flexibility index (Phi) is 15.8. The molecule has 20 heavy (non-hydrogen) atoms. The van der Waals surface area contributed by atoms with Crippen molar-refractivity contribution in [3.8, 4) is 0 Å². The molecule has 0 aliphatic heterocycles. The van der Waals surface area contributed by atoms with Crippen LogP contribution in [0, 0.1) is 0 Å². The predicted molar refractivity (Wildman–Crippen MR) is 69.1 cm³/mol. The van der Waals surface area contributed by atoms with Crippen molar-refractivity contribution in [2.75, 3.05) is 7.11 Å². The molecule has 0 atom stereocenters. The average molecular weight is 288 g/mol. The van der Waals surface area contributed by atoms with E-state index in [-0.39, 0.29) is 5.57 Å². The molecule has 0 bridgehead atoms. The van der Waals surface area contributed by atoms with Crippen molar-refractivity contribution in [2.45, 2.75) is 6.42 Å². The zero-order valence-corrected chi connectivity index (χ0v) is 10.9. The van der Waals surface area contributed by atoms with E-state index in [2.05, 4.69) is 24.5 Å². The summed E-state index contributed by atoms with van der Waals surface area (Å²) in [5.74, 6) is -3.82. The van der Waals surface area contributed by atoms with Gasteiger partial charge in [-0.2, -0.15) is 0 Å². The lowest BCUT2D eigenvalue weighted by atomic mass is 10.2. The summed E-state index contributed by atoms with van der Waals surface area (Å²) in [4.78, 5) is 38.8. The number of ether oxygens (including phenoxy) is 1. The van der Waals surface area contributed by atoms with Gasteiger partial charge in [0.05, 0.1) is 13.5 Å². The summed E-state index contributed by atoms with van der Waals surface area (Å²) < 4.78 is 4.14. The molecule has 8 nitrogen and oxygen atoms in total. The first kappa shape index (κ1) is 22.3. The van der Waals surface area contributed by atoms with Crippen molar-refractivity contribution in [3.05, 3.63) is 37.5 Å². The number of aliphatic carboxylic acids is 3. The molecule has 112 valence electrons. The molecule has 0 spiro atoms. The van der Waals surface area contributed by atoms with Crippen LogP contribution in [0.15, 0.2) is 37.5 Å². The van der Waals surface area contributed by atoms with Gasteiger partial charge in [-0.3, -0.25) is 4.79 Å². The van der Waals surface area contributed by atoms with Gasteiger partial charge in [0.15, 0.2) is 0 Å². The summed E-state index contributed by atoms with van der Waals surface area (Å²) >= 11 is 0. The molecule has 3 N–H and O–H groups in total. The van der Waals surface area contributed by atoms with Crippen molar-refractivity contribution < 1.29 is 39.2 Å². The van der Waals surface area contributed by atoms with Crippen LogP contribution in [-0.4, -0.2) is 46.3 Å². The summed E-state index contributed by atoms with van der Waals surface area (Å²) in [7, 11) is 1.31.